The van der Waals surface area contributed by atoms with E-state index in [0.29, 0.717) is 34.7 Å². The van der Waals surface area contributed by atoms with Crippen molar-refractivity contribution in [3.63, 3.8) is 0 Å². The van der Waals surface area contributed by atoms with Crippen molar-refractivity contribution in [1.82, 2.24) is 5.32 Å². The van der Waals surface area contributed by atoms with E-state index in [-0.39, 0.29) is 0 Å². The standard InChI is InChI=1S/C22H29Cl2NO3/c1-3-4-11-27-12-7-10-25-15-17-13-20(24)22(21(14-17)26-2)28-16-18-8-5-6-9-19(18)23/h5-6,8-9,13-14,25H,3-4,7,10-12,15-16H2,1-2H3. The minimum Gasteiger partial charge on any atom is -0.493 e. The summed E-state index contributed by atoms with van der Waals surface area (Å²) in [6.45, 7) is 5.71. The van der Waals surface area contributed by atoms with Gasteiger partial charge in [0.15, 0.2) is 11.5 Å². The van der Waals surface area contributed by atoms with Crippen molar-refractivity contribution in [3.8, 4) is 11.5 Å². The van der Waals surface area contributed by atoms with Crippen LogP contribution >= 0.6 is 23.2 Å². The molecule has 0 fully saturated rings. The van der Waals surface area contributed by atoms with Crippen LogP contribution in [0.5, 0.6) is 11.5 Å². The zero-order chi connectivity index (χ0) is 20.2. The van der Waals surface area contributed by atoms with Gasteiger partial charge < -0.3 is 19.5 Å². The molecule has 0 unspecified atom stereocenters. The molecule has 0 aliphatic heterocycles. The number of methoxy groups -OCH3 is 1. The van der Waals surface area contributed by atoms with Gasteiger partial charge in [-0.3, -0.25) is 0 Å². The van der Waals surface area contributed by atoms with E-state index in [1.165, 1.54) is 6.42 Å². The molecule has 2 aromatic carbocycles. The van der Waals surface area contributed by atoms with Gasteiger partial charge in [-0.2, -0.15) is 0 Å². The summed E-state index contributed by atoms with van der Waals surface area (Å²) in [6, 6.07) is 11.4. The maximum atomic E-state index is 6.44. The van der Waals surface area contributed by atoms with Gasteiger partial charge in [0, 0.05) is 30.3 Å². The molecule has 0 saturated carbocycles. The maximum Gasteiger partial charge on any atom is 0.180 e. The van der Waals surface area contributed by atoms with Gasteiger partial charge in [0.05, 0.1) is 12.1 Å². The van der Waals surface area contributed by atoms with Crippen LogP contribution in [-0.2, 0) is 17.9 Å². The summed E-state index contributed by atoms with van der Waals surface area (Å²) >= 11 is 12.6. The second-order valence-electron chi connectivity index (χ2n) is 6.49. The molecular weight excluding hydrogens is 397 g/mol. The molecule has 0 saturated heterocycles. The van der Waals surface area contributed by atoms with Crippen molar-refractivity contribution in [3.05, 3.63) is 57.6 Å². The van der Waals surface area contributed by atoms with Crippen LogP contribution in [0.4, 0.5) is 0 Å². The highest BCUT2D eigenvalue weighted by Crippen LogP contribution is 2.37. The molecule has 2 aromatic rings. The Bertz CT molecular complexity index is 725. The van der Waals surface area contributed by atoms with Crippen LogP contribution in [0, 0.1) is 0 Å². The maximum absolute atomic E-state index is 6.44. The van der Waals surface area contributed by atoms with Gasteiger partial charge >= 0.3 is 0 Å². The van der Waals surface area contributed by atoms with Gasteiger partial charge in [-0.05, 0) is 43.1 Å². The largest absolute Gasteiger partial charge is 0.493 e. The van der Waals surface area contributed by atoms with E-state index in [1.54, 1.807) is 7.11 Å². The molecule has 0 amide bonds. The highest BCUT2D eigenvalue weighted by Gasteiger charge is 2.13. The number of hydrogen-bond donors (Lipinski definition) is 1. The van der Waals surface area contributed by atoms with Crippen LogP contribution in [0.3, 0.4) is 0 Å². The van der Waals surface area contributed by atoms with Gasteiger partial charge in [0.2, 0.25) is 0 Å². The molecule has 6 heteroatoms. The van der Waals surface area contributed by atoms with E-state index in [2.05, 4.69) is 12.2 Å². The summed E-state index contributed by atoms with van der Waals surface area (Å²) < 4.78 is 16.9. The van der Waals surface area contributed by atoms with Gasteiger partial charge in [-0.25, -0.2) is 0 Å². The lowest BCUT2D eigenvalue weighted by atomic mass is 10.2. The van der Waals surface area contributed by atoms with Crippen LogP contribution in [0.15, 0.2) is 36.4 Å². The van der Waals surface area contributed by atoms with Crippen molar-refractivity contribution >= 4 is 23.2 Å². The lowest BCUT2D eigenvalue weighted by molar-refractivity contribution is 0.129. The monoisotopic (exact) mass is 425 g/mol. The third-order valence-electron chi connectivity index (χ3n) is 4.23. The van der Waals surface area contributed by atoms with E-state index < -0.39 is 0 Å². The number of rotatable bonds is 13. The van der Waals surface area contributed by atoms with Gasteiger partial charge in [-0.1, -0.05) is 54.7 Å². The van der Waals surface area contributed by atoms with Crippen molar-refractivity contribution in [1.29, 1.82) is 0 Å². The first-order valence-electron chi connectivity index (χ1n) is 9.66. The minimum absolute atomic E-state index is 0.325. The molecule has 0 bridgehead atoms. The van der Waals surface area contributed by atoms with E-state index in [4.69, 9.17) is 37.4 Å². The van der Waals surface area contributed by atoms with E-state index in [9.17, 15) is 0 Å². The summed E-state index contributed by atoms with van der Waals surface area (Å²) in [7, 11) is 1.61. The normalized spacial score (nSPS) is 10.9. The molecule has 0 atom stereocenters. The van der Waals surface area contributed by atoms with Gasteiger partial charge in [0.1, 0.15) is 6.61 Å². The SMILES string of the molecule is CCCCOCCCNCc1cc(Cl)c(OCc2ccccc2Cl)c(OC)c1. The predicted molar refractivity (Wildman–Crippen MR) is 116 cm³/mol. The van der Waals surface area contributed by atoms with Crippen LogP contribution in [-0.4, -0.2) is 26.9 Å². The van der Waals surface area contributed by atoms with E-state index in [1.807, 2.05) is 36.4 Å². The third-order valence-corrected chi connectivity index (χ3v) is 4.88. The first-order chi connectivity index (χ1) is 13.7. The Balaban J connectivity index is 1.85. The quantitative estimate of drug-likeness (QED) is 0.406. The molecule has 0 aliphatic rings. The number of halogens is 2. The zero-order valence-corrected chi connectivity index (χ0v) is 18.1. The van der Waals surface area contributed by atoms with Crippen molar-refractivity contribution in [2.24, 2.45) is 0 Å². The molecule has 28 heavy (non-hydrogen) atoms. The molecule has 2 rings (SSSR count). The molecule has 154 valence electrons. The summed E-state index contributed by atoms with van der Waals surface area (Å²) in [5, 5.41) is 4.59. The molecule has 0 aliphatic carbocycles. The first-order valence-corrected chi connectivity index (χ1v) is 10.4. The highest BCUT2D eigenvalue weighted by atomic mass is 35.5. The summed E-state index contributed by atoms with van der Waals surface area (Å²) in [6.07, 6.45) is 3.27. The van der Waals surface area contributed by atoms with E-state index in [0.717, 1.165) is 43.7 Å². The van der Waals surface area contributed by atoms with Crippen LogP contribution in [0.25, 0.3) is 0 Å². The van der Waals surface area contributed by atoms with Crippen LogP contribution in [0.2, 0.25) is 10.0 Å². The molecule has 0 radical (unpaired) electrons. The van der Waals surface area contributed by atoms with Crippen LogP contribution < -0.4 is 14.8 Å². The van der Waals surface area contributed by atoms with Gasteiger partial charge in [0.25, 0.3) is 0 Å². The Morgan fingerprint density at radius 1 is 1.00 bits per heavy atom. The molecule has 4 nitrogen and oxygen atoms in total. The second kappa shape index (κ2) is 12.9. The van der Waals surface area contributed by atoms with Crippen molar-refractivity contribution < 1.29 is 14.2 Å². The van der Waals surface area contributed by atoms with E-state index >= 15 is 0 Å². The third kappa shape index (κ3) is 7.51. The van der Waals surface area contributed by atoms with Crippen LogP contribution in [0.1, 0.15) is 37.3 Å². The first kappa shape index (κ1) is 22.8. The fourth-order valence-electron chi connectivity index (χ4n) is 2.66. The zero-order valence-electron chi connectivity index (χ0n) is 16.6. The number of nitrogens with one attached hydrogen (secondary N) is 1. The van der Waals surface area contributed by atoms with Crippen molar-refractivity contribution in [2.75, 3.05) is 26.9 Å². The summed E-state index contributed by atoms with van der Waals surface area (Å²) in [5.74, 6) is 1.14. The Morgan fingerprint density at radius 2 is 1.79 bits per heavy atom. The predicted octanol–water partition coefficient (Wildman–Crippen LogP) is 5.88. The summed E-state index contributed by atoms with van der Waals surface area (Å²) in [4.78, 5) is 0. The molecule has 1 N–H and O–H groups in total. The smallest absolute Gasteiger partial charge is 0.180 e. The number of hydrogen-bond acceptors (Lipinski definition) is 4. The second-order valence-corrected chi connectivity index (χ2v) is 7.30. The average Bonchev–Trinajstić information content (AvgIpc) is 2.70. The van der Waals surface area contributed by atoms with Crippen molar-refractivity contribution in [2.45, 2.75) is 39.3 Å². The Kier molecular flexibility index (Phi) is 10.5. The number of unbranched alkanes of at least 4 members (excludes halogenated alkanes) is 1. The van der Waals surface area contributed by atoms with Gasteiger partial charge in [-0.15, -0.1) is 0 Å². The Hall–Kier alpha value is -1.46. The lowest BCUT2D eigenvalue weighted by Crippen LogP contribution is -2.16. The average molecular weight is 426 g/mol. The minimum atomic E-state index is 0.325. The molecule has 0 heterocycles. The number of ether oxygens (including phenoxy) is 3. The fourth-order valence-corrected chi connectivity index (χ4v) is 3.14. The number of benzene rings is 2. The fraction of sp³-hybridized carbons (Fsp3) is 0.455. The molecular formula is C22H29Cl2NO3. The highest BCUT2D eigenvalue weighted by molar-refractivity contribution is 6.32. The Labute approximate surface area is 178 Å². The topological polar surface area (TPSA) is 39.7 Å². The lowest BCUT2D eigenvalue weighted by Gasteiger charge is -2.15. The summed E-state index contributed by atoms with van der Waals surface area (Å²) in [5.41, 5.74) is 1.94. The Morgan fingerprint density at radius 3 is 2.54 bits per heavy atom. The molecule has 0 aromatic heterocycles. The molecule has 0 spiro atoms.